The third-order valence-electron chi connectivity index (χ3n) is 4.77. The Balaban J connectivity index is 1.46. The second-order valence-electron chi connectivity index (χ2n) is 6.39. The predicted octanol–water partition coefficient (Wildman–Crippen LogP) is 2.94. The van der Waals surface area contributed by atoms with Crippen LogP contribution in [0.1, 0.15) is 48.2 Å². The molecule has 126 valence electrons. The van der Waals surface area contributed by atoms with Gasteiger partial charge in [-0.15, -0.1) is 11.3 Å². The minimum atomic E-state index is 0.0418. The number of hydrogen-bond acceptors (Lipinski definition) is 3. The molecule has 0 radical (unpaired) electrons. The number of nitrogens with one attached hydrogen (secondary N) is 1. The molecular formula is C17H25N3O2S. The van der Waals surface area contributed by atoms with E-state index in [1.165, 1.54) is 37.0 Å². The SMILES string of the molecule is O=C(NC1CCCCCC1)N1CCN(C(=O)c2cccs2)CC1. The Labute approximate surface area is 141 Å². The second-order valence-corrected chi connectivity index (χ2v) is 7.34. The van der Waals surface area contributed by atoms with Crippen molar-refractivity contribution < 1.29 is 9.59 Å². The summed E-state index contributed by atoms with van der Waals surface area (Å²) in [6, 6.07) is 4.13. The highest BCUT2D eigenvalue weighted by molar-refractivity contribution is 7.12. The fourth-order valence-electron chi connectivity index (χ4n) is 3.36. The highest BCUT2D eigenvalue weighted by Gasteiger charge is 2.26. The molecule has 1 N–H and O–H groups in total. The number of amides is 3. The summed E-state index contributed by atoms with van der Waals surface area (Å²) in [5, 5.41) is 5.11. The molecule has 0 spiro atoms. The van der Waals surface area contributed by atoms with E-state index >= 15 is 0 Å². The van der Waals surface area contributed by atoms with E-state index in [0.29, 0.717) is 32.2 Å². The zero-order valence-electron chi connectivity index (χ0n) is 13.5. The number of piperazine rings is 1. The van der Waals surface area contributed by atoms with Crippen LogP contribution in [-0.2, 0) is 0 Å². The number of urea groups is 1. The first-order valence-electron chi connectivity index (χ1n) is 8.62. The molecule has 2 aliphatic rings. The van der Waals surface area contributed by atoms with Crippen molar-refractivity contribution in [2.24, 2.45) is 0 Å². The zero-order chi connectivity index (χ0) is 16.1. The number of carbonyl (C=O) groups is 2. The van der Waals surface area contributed by atoms with Crippen LogP contribution in [-0.4, -0.2) is 54.0 Å². The summed E-state index contributed by atoms with van der Waals surface area (Å²) in [5.74, 6) is 0.0869. The normalized spacial score (nSPS) is 20.2. The van der Waals surface area contributed by atoms with E-state index in [1.54, 1.807) is 0 Å². The maximum absolute atomic E-state index is 12.4. The second kappa shape index (κ2) is 7.81. The zero-order valence-corrected chi connectivity index (χ0v) is 14.3. The van der Waals surface area contributed by atoms with Gasteiger partial charge in [-0.2, -0.15) is 0 Å². The first kappa shape index (κ1) is 16.3. The summed E-state index contributed by atoms with van der Waals surface area (Å²) in [6.07, 6.45) is 7.21. The van der Waals surface area contributed by atoms with E-state index in [-0.39, 0.29) is 11.9 Å². The van der Waals surface area contributed by atoms with Gasteiger partial charge < -0.3 is 15.1 Å². The highest BCUT2D eigenvalue weighted by atomic mass is 32.1. The highest BCUT2D eigenvalue weighted by Crippen LogP contribution is 2.18. The van der Waals surface area contributed by atoms with E-state index in [0.717, 1.165) is 17.7 Å². The van der Waals surface area contributed by atoms with Gasteiger partial charge in [-0.3, -0.25) is 4.79 Å². The molecule has 2 heterocycles. The average Bonchev–Trinajstić information content (AvgIpc) is 3.00. The molecule has 2 fully saturated rings. The Morgan fingerprint density at radius 2 is 1.65 bits per heavy atom. The molecule has 3 rings (SSSR count). The molecule has 0 bridgehead atoms. The van der Waals surface area contributed by atoms with Crippen LogP contribution in [0.3, 0.4) is 0 Å². The van der Waals surface area contributed by atoms with E-state index in [9.17, 15) is 9.59 Å². The largest absolute Gasteiger partial charge is 0.335 e. The Bertz CT molecular complexity index is 516. The lowest BCUT2D eigenvalue weighted by Crippen LogP contribution is -2.54. The Hall–Kier alpha value is -1.56. The van der Waals surface area contributed by atoms with Crippen molar-refractivity contribution in [3.05, 3.63) is 22.4 Å². The summed E-state index contributed by atoms with van der Waals surface area (Å²) in [4.78, 5) is 29.2. The smallest absolute Gasteiger partial charge is 0.317 e. The van der Waals surface area contributed by atoms with Gasteiger partial charge in [-0.1, -0.05) is 31.7 Å². The molecule has 3 amide bonds. The van der Waals surface area contributed by atoms with Crippen molar-refractivity contribution in [2.75, 3.05) is 26.2 Å². The molecule has 1 aliphatic carbocycles. The first-order valence-corrected chi connectivity index (χ1v) is 9.50. The fraction of sp³-hybridized carbons (Fsp3) is 0.647. The number of rotatable bonds is 2. The molecule has 1 aliphatic heterocycles. The standard InChI is InChI=1S/C17H25N3O2S/c21-16(15-8-5-13-23-15)19-9-11-20(12-10-19)17(22)18-14-6-3-1-2-4-7-14/h5,8,13-14H,1-4,6-7,9-12H2,(H,18,22). The maximum atomic E-state index is 12.4. The van der Waals surface area contributed by atoms with Crippen molar-refractivity contribution in [1.29, 1.82) is 0 Å². The van der Waals surface area contributed by atoms with Crippen LogP contribution in [0, 0.1) is 0 Å². The summed E-state index contributed by atoms with van der Waals surface area (Å²) in [7, 11) is 0. The molecule has 0 aromatic carbocycles. The maximum Gasteiger partial charge on any atom is 0.317 e. The number of carbonyl (C=O) groups excluding carboxylic acids is 2. The van der Waals surface area contributed by atoms with Crippen molar-refractivity contribution in [1.82, 2.24) is 15.1 Å². The Kier molecular flexibility index (Phi) is 5.54. The lowest BCUT2D eigenvalue weighted by Gasteiger charge is -2.35. The molecular weight excluding hydrogens is 310 g/mol. The van der Waals surface area contributed by atoms with Crippen LogP contribution in [0.15, 0.2) is 17.5 Å². The van der Waals surface area contributed by atoms with Gasteiger partial charge in [0.2, 0.25) is 0 Å². The Morgan fingerprint density at radius 1 is 1.00 bits per heavy atom. The summed E-state index contributed by atoms with van der Waals surface area (Å²) >= 11 is 1.47. The van der Waals surface area contributed by atoms with E-state index < -0.39 is 0 Å². The van der Waals surface area contributed by atoms with Gasteiger partial charge in [-0.25, -0.2) is 4.79 Å². The molecule has 1 saturated heterocycles. The average molecular weight is 335 g/mol. The number of nitrogens with zero attached hydrogens (tertiary/aromatic N) is 2. The van der Waals surface area contributed by atoms with Gasteiger partial charge in [0.05, 0.1) is 4.88 Å². The molecule has 0 unspecified atom stereocenters. The first-order chi connectivity index (χ1) is 11.2. The van der Waals surface area contributed by atoms with E-state index in [1.807, 2.05) is 27.3 Å². The van der Waals surface area contributed by atoms with Gasteiger partial charge in [0.15, 0.2) is 0 Å². The van der Waals surface area contributed by atoms with Crippen molar-refractivity contribution >= 4 is 23.3 Å². The van der Waals surface area contributed by atoms with Crippen molar-refractivity contribution in [3.63, 3.8) is 0 Å². The molecule has 1 aromatic rings. The molecule has 1 aromatic heterocycles. The number of hydrogen-bond donors (Lipinski definition) is 1. The van der Waals surface area contributed by atoms with Gasteiger partial charge in [0.1, 0.15) is 0 Å². The predicted molar refractivity (Wildman–Crippen MR) is 91.8 cm³/mol. The third kappa shape index (κ3) is 4.25. The number of thiophene rings is 1. The molecule has 5 nitrogen and oxygen atoms in total. The van der Waals surface area contributed by atoms with Gasteiger partial charge in [0, 0.05) is 32.2 Å². The monoisotopic (exact) mass is 335 g/mol. The van der Waals surface area contributed by atoms with Crippen LogP contribution < -0.4 is 5.32 Å². The quantitative estimate of drug-likeness (QED) is 0.845. The minimum Gasteiger partial charge on any atom is -0.335 e. The van der Waals surface area contributed by atoms with Gasteiger partial charge in [0.25, 0.3) is 5.91 Å². The Morgan fingerprint density at radius 3 is 2.26 bits per heavy atom. The van der Waals surface area contributed by atoms with Crippen LogP contribution >= 0.6 is 11.3 Å². The van der Waals surface area contributed by atoms with Crippen LogP contribution in [0.5, 0.6) is 0 Å². The van der Waals surface area contributed by atoms with Crippen LogP contribution in [0.4, 0.5) is 4.79 Å². The third-order valence-corrected chi connectivity index (χ3v) is 5.63. The molecule has 6 heteroatoms. The van der Waals surface area contributed by atoms with E-state index in [2.05, 4.69) is 5.32 Å². The van der Waals surface area contributed by atoms with Gasteiger partial charge in [-0.05, 0) is 24.3 Å². The molecule has 1 saturated carbocycles. The summed E-state index contributed by atoms with van der Waals surface area (Å²) in [5.41, 5.74) is 0. The lowest BCUT2D eigenvalue weighted by atomic mass is 10.1. The van der Waals surface area contributed by atoms with Crippen LogP contribution in [0.25, 0.3) is 0 Å². The summed E-state index contributed by atoms with van der Waals surface area (Å²) < 4.78 is 0. The molecule has 23 heavy (non-hydrogen) atoms. The molecule has 0 atom stereocenters. The minimum absolute atomic E-state index is 0.0418. The van der Waals surface area contributed by atoms with E-state index in [4.69, 9.17) is 0 Å². The lowest BCUT2D eigenvalue weighted by molar-refractivity contribution is 0.0668. The van der Waals surface area contributed by atoms with Crippen LogP contribution in [0.2, 0.25) is 0 Å². The van der Waals surface area contributed by atoms with Crippen molar-refractivity contribution in [2.45, 2.75) is 44.6 Å². The van der Waals surface area contributed by atoms with Gasteiger partial charge >= 0.3 is 6.03 Å². The fourth-order valence-corrected chi connectivity index (χ4v) is 4.05. The van der Waals surface area contributed by atoms with Crippen molar-refractivity contribution in [3.8, 4) is 0 Å². The topological polar surface area (TPSA) is 52.7 Å². The summed E-state index contributed by atoms with van der Waals surface area (Å²) in [6.45, 7) is 2.48.